The Morgan fingerprint density at radius 1 is 1.53 bits per heavy atom. The van der Waals surface area contributed by atoms with Gasteiger partial charge in [-0.05, 0) is 31.0 Å². The Morgan fingerprint density at radius 2 is 2.40 bits per heavy atom. The van der Waals surface area contributed by atoms with Gasteiger partial charge in [-0.2, -0.15) is 0 Å². The molecule has 2 N–H and O–H groups in total. The first-order valence-corrected chi connectivity index (χ1v) is 5.59. The van der Waals surface area contributed by atoms with Crippen molar-refractivity contribution in [1.29, 1.82) is 0 Å². The highest BCUT2D eigenvalue weighted by atomic mass is 35.5. The molecule has 4 heteroatoms. The average Bonchev–Trinajstić information content (AvgIpc) is 2.22. The van der Waals surface area contributed by atoms with Crippen LogP contribution in [0.15, 0.2) is 18.3 Å². The number of halogens is 1. The number of aliphatic hydroxyl groups is 1. The van der Waals surface area contributed by atoms with Gasteiger partial charge in [-0.1, -0.05) is 17.7 Å². The molecule has 3 nitrogen and oxygen atoms in total. The predicted octanol–water partition coefficient (Wildman–Crippen LogP) is 1.39. The summed E-state index contributed by atoms with van der Waals surface area (Å²) in [6, 6.07) is 3.68. The molecule has 0 amide bonds. The van der Waals surface area contributed by atoms with Crippen LogP contribution in [0, 0.1) is 0 Å². The van der Waals surface area contributed by atoms with Gasteiger partial charge in [0.15, 0.2) is 0 Å². The van der Waals surface area contributed by atoms with Gasteiger partial charge in [0, 0.05) is 19.2 Å². The van der Waals surface area contributed by atoms with E-state index in [1.54, 1.807) is 12.3 Å². The Balaban J connectivity index is 2.03. The zero-order valence-electron chi connectivity index (χ0n) is 8.54. The number of hydrogen-bond donors (Lipinski definition) is 2. The van der Waals surface area contributed by atoms with Crippen LogP contribution in [0.5, 0.6) is 0 Å². The summed E-state index contributed by atoms with van der Waals surface area (Å²) in [4.78, 5) is 4.01. The van der Waals surface area contributed by atoms with Crippen molar-refractivity contribution < 1.29 is 5.11 Å². The van der Waals surface area contributed by atoms with Crippen molar-refractivity contribution in [2.45, 2.75) is 24.9 Å². The van der Waals surface area contributed by atoms with Gasteiger partial charge in [0.25, 0.3) is 0 Å². The molecule has 15 heavy (non-hydrogen) atoms. The fraction of sp³-hybridized carbons (Fsp3) is 0.545. The maximum atomic E-state index is 10.3. The molecule has 1 aliphatic heterocycles. The smallest absolute Gasteiger partial charge is 0.129 e. The third kappa shape index (κ3) is 2.91. The summed E-state index contributed by atoms with van der Waals surface area (Å²) in [5.41, 5.74) is 0.416. The lowest BCUT2D eigenvalue weighted by Gasteiger charge is -2.32. The molecule has 1 saturated heterocycles. The Bertz CT molecular complexity index is 320. The molecule has 0 radical (unpaired) electrons. The summed E-state index contributed by atoms with van der Waals surface area (Å²) < 4.78 is 0. The lowest BCUT2D eigenvalue weighted by atomic mass is 9.88. The second-order valence-corrected chi connectivity index (χ2v) is 4.56. The highest BCUT2D eigenvalue weighted by Gasteiger charge is 2.29. The van der Waals surface area contributed by atoms with Crippen molar-refractivity contribution in [3.63, 3.8) is 0 Å². The number of rotatable bonds is 2. The quantitative estimate of drug-likeness (QED) is 0.750. The molecule has 0 bridgehead atoms. The fourth-order valence-corrected chi connectivity index (χ4v) is 2.11. The third-order valence-corrected chi connectivity index (χ3v) is 3.00. The number of piperidine rings is 1. The molecule has 1 aromatic rings. The van der Waals surface area contributed by atoms with Gasteiger partial charge in [-0.15, -0.1) is 0 Å². The van der Waals surface area contributed by atoms with E-state index in [0.717, 1.165) is 24.9 Å². The number of aromatic nitrogens is 1. The Morgan fingerprint density at radius 3 is 3.00 bits per heavy atom. The molecule has 0 spiro atoms. The van der Waals surface area contributed by atoms with Gasteiger partial charge < -0.3 is 10.4 Å². The molecule has 2 rings (SSSR count). The Hall–Kier alpha value is -0.640. The van der Waals surface area contributed by atoms with Crippen molar-refractivity contribution in [2.75, 3.05) is 13.1 Å². The lowest BCUT2D eigenvalue weighted by Crippen LogP contribution is -2.47. The minimum Gasteiger partial charge on any atom is -0.388 e. The monoisotopic (exact) mass is 226 g/mol. The molecular formula is C11H15ClN2O. The zero-order valence-corrected chi connectivity index (χ0v) is 9.30. The molecule has 82 valence electrons. The Labute approximate surface area is 94.5 Å². The summed E-state index contributed by atoms with van der Waals surface area (Å²) in [5.74, 6) is 0. The maximum Gasteiger partial charge on any atom is 0.129 e. The van der Waals surface area contributed by atoms with Gasteiger partial charge in [0.2, 0.25) is 0 Å². The largest absolute Gasteiger partial charge is 0.388 e. The minimum absolute atomic E-state index is 0.493. The molecule has 1 atom stereocenters. The predicted molar refractivity (Wildman–Crippen MR) is 60.0 cm³/mol. The number of pyridine rings is 1. The van der Waals surface area contributed by atoms with Crippen molar-refractivity contribution in [2.24, 2.45) is 0 Å². The summed E-state index contributed by atoms with van der Waals surface area (Å²) >= 11 is 5.70. The second-order valence-electron chi connectivity index (χ2n) is 4.17. The normalized spacial score (nSPS) is 26.5. The van der Waals surface area contributed by atoms with E-state index in [1.807, 2.05) is 6.07 Å². The molecule has 1 aliphatic rings. The molecule has 0 aliphatic carbocycles. The SMILES string of the molecule is OC1(Cc2ccc(Cl)nc2)CCCNC1. The molecule has 1 aromatic heterocycles. The van der Waals surface area contributed by atoms with Crippen LogP contribution in [-0.2, 0) is 6.42 Å². The van der Waals surface area contributed by atoms with E-state index in [0.29, 0.717) is 18.1 Å². The van der Waals surface area contributed by atoms with E-state index in [2.05, 4.69) is 10.3 Å². The third-order valence-electron chi connectivity index (χ3n) is 2.77. The van der Waals surface area contributed by atoms with Crippen LogP contribution < -0.4 is 5.32 Å². The van der Waals surface area contributed by atoms with Crippen LogP contribution in [0.1, 0.15) is 18.4 Å². The van der Waals surface area contributed by atoms with Crippen molar-refractivity contribution in [3.8, 4) is 0 Å². The summed E-state index contributed by atoms with van der Waals surface area (Å²) in [6.07, 6.45) is 4.25. The molecular weight excluding hydrogens is 212 g/mol. The molecule has 1 fully saturated rings. The van der Waals surface area contributed by atoms with Crippen molar-refractivity contribution in [1.82, 2.24) is 10.3 Å². The van der Waals surface area contributed by atoms with E-state index in [4.69, 9.17) is 11.6 Å². The highest BCUT2D eigenvalue weighted by Crippen LogP contribution is 2.21. The number of β-amino-alcohol motifs (C(OH)–C–C–N with tert-alkyl or cyclic N) is 1. The van der Waals surface area contributed by atoms with Crippen molar-refractivity contribution in [3.05, 3.63) is 29.0 Å². The summed E-state index contributed by atoms with van der Waals surface area (Å²) in [6.45, 7) is 1.66. The highest BCUT2D eigenvalue weighted by molar-refractivity contribution is 6.29. The molecule has 0 aromatic carbocycles. The zero-order chi connectivity index (χ0) is 10.7. The Kier molecular flexibility index (Phi) is 3.24. The fourth-order valence-electron chi connectivity index (χ4n) is 1.99. The molecule has 1 unspecified atom stereocenters. The van der Waals surface area contributed by atoms with Crippen LogP contribution in [0.4, 0.5) is 0 Å². The average molecular weight is 227 g/mol. The summed E-state index contributed by atoms with van der Waals surface area (Å²) in [5, 5.41) is 14.0. The van der Waals surface area contributed by atoms with Crippen LogP contribution in [0.25, 0.3) is 0 Å². The standard InChI is InChI=1S/C11H15ClN2O/c12-10-3-2-9(7-14-10)6-11(15)4-1-5-13-8-11/h2-3,7,13,15H,1,4-6,8H2. The van der Waals surface area contributed by atoms with Gasteiger partial charge in [0.1, 0.15) is 5.15 Å². The second kappa shape index (κ2) is 4.47. The number of hydrogen-bond acceptors (Lipinski definition) is 3. The number of nitrogens with one attached hydrogen (secondary N) is 1. The van der Waals surface area contributed by atoms with E-state index in [-0.39, 0.29) is 0 Å². The van der Waals surface area contributed by atoms with Crippen LogP contribution >= 0.6 is 11.6 Å². The van der Waals surface area contributed by atoms with E-state index in [9.17, 15) is 5.11 Å². The van der Waals surface area contributed by atoms with Gasteiger partial charge in [-0.3, -0.25) is 0 Å². The first-order chi connectivity index (χ1) is 7.18. The lowest BCUT2D eigenvalue weighted by molar-refractivity contribution is 0.0169. The van der Waals surface area contributed by atoms with E-state index < -0.39 is 5.60 Å². The first-order valence-electron chi connectivity index (χ1n) is 5.22. The van der Waals surface area contributed by atoms with Gasteiger partial charge in [-0.25, -0.2) is 4.98 Å². The van der Waals surface area contributed by atoms with Crippen LogP contribution in [0.3, 0.4) is 0 Å². The topological polar surface area (TPSA) is 45.2 Å². The molecule has 2 heterocycles. The molecule has 0 saturated carbocycles. The van der Waals surface area contributed by atoms with Gasteiger partial charge in [0.05, 0.1) is 5.60 Å². The van der Waals surface area contributed by atoms with E-state index >= 15 is 0 Å². The van der Waals surface area contributed by atoms with Crippen LogP contribution in [0.2, 0.25) is 5.15 Å². The first kappa shape index (κ1) is 10.9. The van der Waals surface area contributed by atoms with E-state index in [1.165, 1.54) is 0 Å². The summed E-state index contributed by atoms with van der Waals surface area (Å²) in [7, 11) is 0. The minimum atomic E-state index is -0.617. The maximum absolute atomic E-state index is 10.3. The number of nitrogens with zero attached hydrogens (tertiary/aromatic N) is 1. The van der Waals surface area contributed by atoms with Crippen molar-refractivity contribution >= 4 is 11.6 Å². The van der Waals surface area contributed by atoms with Gasteiger partial charge >= 0.3 is 0 Å². The van der Waals surface area contributed by atoms with Crippen LogP contribution in [-0.4, -0.2) is 28.8 Å².